The van der Waals surface area contributed by atoms with Crippen LogP contribution in [0.4, 0.5) is 0 Å². The maximum atomic E-state index is 4.76. The van der Waals surface area contributed by atoms with E-state index in [-0.39, 0.29) is 1.43 Å². The van der Waals surface area contributed by atoms with Crippen molar-refractivity contribution in [1.29, 1.82) is 0 Å². The second-order valence-electron chi connectivity index (χ2n) is 11.8. The molecule has 2 aliphatic heterocycles. The van der Waals surface area contributed by atoms with Crippen molar-refractivity contribution in [1.82, 2.24) is 30.6 Å². The number of rotatable bonds is 5. The van der Waals surface area contributed by atoms with Gasteiger partial charge < -0.3 is 20.6 Å². The number of benzene rings is 3. The van der Waals surface area contributed by atoms with Crippen LogP contribution in [0.15, 0.2) is 73.1 Å². The molecule has 9 rings (SSSR count). The van der Waals surface area contributed by atoms with Crippen LogP contribution in [0.1, 0.15) is 50.8 Å². The Morgan fingerprint density at radius 3 is 1.76 bits per heavy atom. The van der Waals surface area contributed by atoms with Crippen LogP contribution >= 0.6 is 0 Å². The number of nitrogens with zero attached hydrogens (tertiary/aromatic N) is 2. The van der Waals surface area contributed by atoms with E-state index in [9.17, 15) is 0 Å². The molecule has 2 saturated heterocycles. The number of nitrogens with one attached hydrogen (secondary N) is 4. The Bertz CT molecular complexity index is 1670. The minimum Gasteiger partial charge on any atom is -0.341 e. The Labute approximate surface area is 222 Å². The van der Waals surface area contributed by atoms with Gasteiger partial charge in [-0.1, -0.05) is 60.7 Å². The van der Waals surface area contributed by atoms with Crippen LogP contribution < -0.4 is 10.6 Å². The van der Waals surface area contributed by atoms with Crippen LogP contribution in [0, 0.1) is 11.8 Å². The van der Waals surface area contributed by atoms with Gasteiger partial charge in [-0.25, -0.2) is 9.97 Å². The quantitative estimate of drug-likeness (QED) is 0.226. The third-order valence-electron chi connectivity index (χ3n) is 9.32. The van der Waals surface area contributed by atoms with Gasteiger partial charge in [-0.2, -0.15) is 0 Å². The highest BCUT2D eigenvalue weighted by Gasteiger charge is 2.47. The molecule has 2 aromatic heterocycles. The highest BCUT2D eigenvalue weighted by atomic mass is 15.1. The molecule has 0 unspecified atom stereocenters. The molecule has 6 atom stereocenters. The summed E-state index contributed by atoms with van der Waals surface area (Å²) in [6.45, 7) is 0. The van der Waals surface area contributed by atoms with E-state index >= 15 is 0 Å². The first-order chi connectivity index (χ1) is 18.8. The number of hydrogen-bond donors (Lipinski definition) is 4. The SMILES string of the molecule is [HH].c1cc(-c2cnc([C@@H]3C[C@H]4C[C@H]4N3)[nH]2)c2cccc(-c3ccc(-c4cnc([C@@H]5C[C@H]6C[C@H]6N5)[nH]4)cc3)c2c1. The molecule has 3 aromatic carbocycles. The maximum absolute atomic E-state index is 4.76. The van der Waals surface area contributed by atoms with E-state index in [1.54, 1.807) is 0 Å². The zero-order valence-corrected chi connectivity index (χ0v) is 21.1. The Balaban J connectivity index is 0.00000235. The van der Waals surface area contributed by atoms with Gasteiger partial charge in [0.25, 0.3) is 0 Å². The summed E-state index contributed by atoms with van der Waals surface area (Å²) in [5.74, 6) is 3.85. The zero-order valence-electron chi connectivity index (χ0n) is 21.1. The largest absolute Gasteiger partial charge is 0.341 e. The van der Waals surface area contributed by atoms with Crippen molar-refractivity contribution >= 4 is 10.8 Å². The molecule has 190 valence electrons. The molecule has 38 heavy (non-hydrogen) atoms. The molecule has 2 saturated carbocycles. The van der Waals surface area contributed by atoms with Crippen molar-refractivity contribution in [3.63, 3.8) is 0 Å². The number of piperidine rings is 2. The van der Waals surface area contributed by atoms with E-state index in [0.717, 1.165) is 40.9 Å². The molecule has 4 aliphatic rings. The van der Waals surface area contributed by atoms with Crippen LogP contribution in [0.25, 0.3) is 44.4 Å². The molecule has 0 spiro atoms. The van der Waals surface area contributed by atoms with Crippen LogP contribution in [0.5, 0.6) is 0 Å². The predicted octanol–water partition coefficient (Wildman–Crippen LogP) is 6.38. The van der Waals surface area contributed by atoms with Crippen LogP contribution in [-0.4, -0.2) is 32.0 Å². The van der Waals surface area contributed by atoms with Gasteiger partial charge in [-0.3, -0.25) is 0 Å². The lowest BCUT2D eigenvalue weighted by Crippen LogP contribution is -2.18. The summed E-state index contributed by atoms with van der Waals surface area (Å²) < 4.78 is 0. The van der Waals surface area contributed by atoms with Crippen molar-refractivity contribution in [3.8, 4) is 33.6 Å². The van der Waals surface area contributed by atoms with Gasteiger partial charge in [0.05, 0.1) is 35.9 Å². The maximum Gasteiger partial charge on any atom is 0.123 e. The molecule has 2 aliphatic carbocycles. The number of hydrogen-bond acceptors (Lipinski definition) is 4. The summed E-state index contributed by atoms with van der Waals surface area (Å²) >= 11 is 0. The van der Waals surface area contributed by atoms with E-state index in [1.165, 1.54) is 58.7 Å². The molecule has 5 aromatic rings. The first-order valence-electron chi connectivity index (χ1n) is 14.0. The number of aromatic amines is 2. The smallest absolute Gasteiger partial charge is 0.123 e. The number of H-pyrrole nitrogens is 2. The second-order valence-corrected chi connectivity index (χ2v) is 11.8. The Morgan fingerprint density at radius 1 is 0.579 bits per heavy atom. The van der Waals surface area contributed by atoms with Gasteiger partial charge in [0, 0.05) is 19.1 Å². The molecular weight excluding hydrogens is 468 g/mol. The minimum absolute atomic E-state index is 0. The lowest BCUT2D eigenvalue weighted by Gasteiger charge is -2.12. The third kappa shape index (κ3) is 3.40. The lowest BCUT2D eigenvalue weighted by atomic mass is 9.94. The summed E-state index contributed by atoms with van der Waals surface area (Å²) in [6.07, 6.45) is 9.05. The summed E-state index contributed by atoms with van der Waals surface area (Å²) in [6, 6.07) is 24.2. The third-order valence-corrected chi connectivity index (χ3v) is 9.32. The van der Waals surface area contributed by atoms with Gasteiger partial charge in [0.1, 0.15) is 11.6 Å². The molecule has 0 bridgehead atoms. The van der Waals surface area contributed by atoms with Gasteiger partial charge >= 0.3 is 0 Å². The molecular formula is C32H32N6. The van der Waals surface area contributed by atoms with Crippen LogP contribution in [-0.2, 0) is 0 Å². The van der Waals surface area contributed by atoms with E-state index in [0.29, 0.717) is 18.1 Å². The highest BCUT2D eigenvalue weighted by Crippen LogP contribution is 2.46. The van der Waals surface area contributed by atoms with E-state index in [4.69, 9.17) is 9.97 Å². The normalized spacial score (nSPS) is 28.9. The molecule has 4 fully saturated rings. The van der Waals surface area contributed by atoms with Gasteiger partial charge in [0.15, 0.2) is 0 Å². The standard InChI is InChI=1S/C32H30N6.H2/c1-3-21(17-7-9-18(10-8-17)29-15-33-31(37-29)27-13-19-11-25(19)35-27)22-4-2-6-24(23(22)5-1)30-16-34-32(38-30)28-14-20-12-26(20)36-28;/h1-10,15-16,19-20,25-28,35-36H,11-14H2,(H,33,37)(H,34,38);1H/t19-,20-,25-,26-,27+,28+;/m1./s1. The van der Waals surface area contributed by atoms with Crippen molar-refractivity contribution in [2.45, 2.75) is 49.9 Å². The van der Waals surface area contributed by atoms with Crippen LogP contribution in [0.3, 0.4) is 0 Å². The molecule has 4 heterocycles. The lowest BCUT2D eigenvalue weighted by molar-refractivity contribution is 0.543. The van der Waals surface area contributed by atoms with Crippen molar-refractivity contribution in [2.75, 3.05) is 0 Å². The van der Waals surface area contributed by atoms with Gasteiger partial charge in [0.2, 0.25) is 0 Å². The Kier molecular flexibility index (Phi) is 4.40. The predicted molar refractivity (Wildman–Crippen MR) is 151 cm³/mol. The monoisotopic (exact) mass is 500 g/mol. The van der Waals surface area contributed by atoms with Crippen LogP contribution in [0.2, 0.25) is 0 Å². The molecule has 0 amide bonds. The summed E-state index contributed by atoms with van der Waals surface area (Å²) in [7, 11) is 0. The van der Waals surface area contributed by atoms with E-state index in [2.05, 4.69) is 81.3 Å². The first-order valence-corrected chi connectivity index (χ1v) is 14.0. The topological polar surface area (TPSA) is 81.4 Å². The Morgan fingerprint density at radius 2 is 1.13 bits per heavy atom. The summed E-state index contributed by atoms with van der Waals surface area (Å²) in [5.41, 5.74) is 7.00. The van der Waals surface area contributed by atoms with Crippen molar-refractivity contribution in [2.24, 2.45) is 11.8 Å². The number of fused-ring (bicyclic) bond motifs is 3. The van der Waals surface area contributed by atoms with Gasteiger partial charge in [-0.15, -0.1) is 0 Å². The average Bonchev–Trinajstić information content (AvgIpc) is 3.52. The average molecular weight is 501 g/mol. The fourth-order valence-electron chi connectivity index (χ4n) is 7.00. The number of imidazole rings is 2. The van der Waals surface area contributed by atoms with Gasteiger partial charge in [-0.05, 0) is 65.0 Å². The first kappa shape index (κ1) is 21.2. The van der Waals surface area contributed by atoms with E-state index < -0.39 is 0 Å². The molecule has 6 heteroatoms. The van der Waals surface area contributed by atoms with E-state index in [1.807, 2.05) is 12.4 Å². The fraction of sp³-hybridized carbons (Fsp3) is 0.312. The zero-order chi connectivity index (χ0) is 24.8. The summed E-state index contributed by atoms with van der Waals surface area (Å²) in [4.78, 5) is 16.6. The van der Waals surface area contributed by atoms with Crippen molar-refractivity contribution in [3.05, 3.63) is 84.7 Å². The van der Waals surface area contributed by atoms with Crippen molar-refractivity contribution < 1.29 is 1.43 Å². The second kappa shape index (κ2) is 7.88. The highest BCUT2D eigenvalue weighted by molar-refractivity contribution is 6.04. The molecule has 4 N–H and O–H groups in total. The minimum atomic E-state index is 0. The molecule has 0 radical (unpaired) electrons. The number of aromatic nitrogens is 4. The molecule has 6 nitrogen and oxygen atoms in total. The Hall–Kier alpha value is -3.74. The summed E-state index contributed by atoms with van der Waals surface area (Å²) in [5, 5.41) is 9.89. The fourth-order valence-corrected chi connectivity index (χ4v) is 7.00.